The summed E-state index contributed by atoms with van der Waals surface area (Å²) >= 11 is 2.06. The van der Waals surface area contributed by atoms with Crippen LogP contribution in [0.25, 0.3) is 0 Å². The van der Waals surface area contributed by atoms with Crippen molar-refractivity contribution >= 4 is 17.7 Å². The molecule has 0 saturated carbocycles. The van der Waals surface area contributed by atoms with E-state index < -0.39 is 0 Å². The molecule has 1 aliphatic rings. The van der Waals surface area contributed by atoms with Gasteiger partial charge in [0.05, 0.1) is 0 Å². The Hall–Kier alpha value is -0.180. The first-order valence-electron chi connectivity index (χ1n) is 6.77. The summed E-state index contributed by atoms with van der Waals surface area (Å²) in [4.78, 5) is 12.0. The summed E-state index contributed by atoms with van der Waals surface area (Å²) < 4.78 is 0. The standard InChI is InChI=1S/C14H27NOS/c1-6-11-7-8-17-12(11)9-10(2)13(16)15-14(3,4)5/h10-12H,6-9H2,1-5H3,(H,15,16)/t10?,11-,12?/m1/s1. The SMILES string of the molecule is CC[C@@H]1CCSC1CC(C)C(=O)NC(C)(C)C. The lowest BCUT2D eigenvalue weighted by Gasteiger charge is -2.25. The Kier molecular flexibility index (Phi) is 5.36. The number of carbonyl (C=O) groups excluding carboxylic acids is 1. The minimum atomic E-state index is -0.113. The average Bonchev–Trinajstić information content (AvgIpc) is 2.62. The van der Waals surface area contributed by atoms with Gasteiger partial charge in [-0.05, 0) is 45.3 Å². The predicted molar refractivity (Wildman–Crippen MR) is 76.3 cm³/mol. The van der Waals surface area contributed by atoms with E-state index in [0.29, 0.717) is 5.25 Å². The van der Waals surface area contributed by atoms with Gasteiger partial charge in [-0.2, -0.15) is 11.8 Å². The molecule has 3 heteroatoms. The molecular formula is C14H27NOS. The number of thioether (sulfide) groups is 1. The van der Waals surface area contributed by atoms with Crippen LogP contribution in [0.3, 0.4) is 0 Å². The number of amides is 1. The van der Waals surface area contributed by atoms with Crippen molar-refractivity contribution in [2.75, 3.05) is 5.75 Å². The van der Waals surface area contributed by atoms with Crippen LogP contribution in [0.5, 0.6) is 0 Å². The van der Waals surface area contributed by atoms with Crippen molar-refractivity contribution in [2.24, 2.45) is 11.8 Å². The van der Waals surface area contributed by atoms with Crippen LogP contribution in [0.2, 0.25) is 0 Å². The van der Waals surface area contributed by atoms with Gasteiger partial charge in [-0.3, -0.25) is 4.79 Å². The summed E-state index contributed by atoms with van der Waals surface area (Å²) in [5.74, 6) is 2.44. The van der Waals surface area contributed by atoms with E-state index in [4.69, 9.17) is 0 Å². The Morgan fingerprint density at radius 1 is 1.47 bits per heavy atom. The maximum atomic E-state index is 12.0. The van der Waals surface area contributed by atoms with Crippen molar-refractivity contribution < 1.29 is 4.79 Å². The van der Waals surface area contributed by atoms with Crippen LogP contribution in [0.15, 0.2) is 0 Å². The lowest BCUT2D eigenvalue weighted by molar-refractivity contribution is -0.126. The third-order valence-corrected chi connectivity index (χ3v) is 4.88. The summed E-state index contributed by atoms with van der Waals surface area (Å²) in [7, 11) is 0. The molecule has 2 nitrogen and oxygen atoms in total. The van der Waals surface area contributed by atoms with Gasteiger partial charge in [-0.1, -0.05) is 20.3 Å². The van der Waals surface area contributed by atoms with Crippen molar-refractivity contribution in [1.82, 2.24) is 5.32 Å². The lowest BCUT2D eigenvalue weighted by atomic mass is 9.92. The number of hydrogen-bond donors (Lipinski definition) is 1. The second kappa shape index (κ2) is 6.12. The Morgan fingerprint density at radius 2 is 2.12 bits per heavy atom. The molecule has 100 valence electrons. The predicted octanol–water partition coefficient (Wildman–Crippen LogP) is 3.46. The molecule has 0 aromatic heterocycles. The summed E-state index contributed by atoms with van der Waals surface area (Å²) in [5.41, 5.74) is -0.113. The second-order valence-electron chi connectivity index (χ2n) is 6.24. The highest BCUT2D eigenvalue weighted by molar-refractivity contribution is 8.00. The number of hydrogen-bond acceptors (Lipinski definition) is 2. The van der Waals surface area contributed by atoms with Crippen molar-refractivity contribution in [3.05, 3.63) is 0 Å². The Labute approximate surface area is 110 Å². The van der Waals surface area contributed by atoms with Crippen molar-refractivity contribution in [1.29, 1.82) is 0 Å². The number of carbonyl (C=O) groups is 1. The van der Waals surface area contributed by atoms with E-state index in [1.54, 1.807) is 0 Å². The van der Waals surface area contributed by atoms with Crippen LogP contribution in [-0.2, 0) is 4.79 Å². The fourth-order valence-electron chi connectivity index (χ4n) is 2.37. The van der Waals surface area contributed by atoms with Gasteiger partial charge in [0.15, 0.2) is 0 Å². The van der Waals surface area contributed by atoms with Gasteiger partial charge in [-0.15, -0.1) is 0 Å². The van der Waals surface area contributed by atoms with E-state index in [2.05, 4.69) is 30.9 Å². The van der Waals surface area contributed by atoms with E-state index >= 15 is 0 Å². The summed E-state index contributed by atoms with van der Waals surface area (Å²) in [6.45, 7) is 10.4. The Balaban J connectivity index is 2.43. The molecule has 1 aliphatic heterocycles. The van der Waals surface area contributed by atoms with Gasteiger partial charge >= 0.3 is 0 Å². The summed E-state index contributed by atoms with van der Waals surface area (Å²) in [6, 6.07) is 0. The monoisotopic (exact) mass is 257 g/mol. The van der Waals surface area contributed by atoms with Crippen LogP contribution in [0.1, 0.15) is 53.9 Å². The highest BCUT2D eigenvalue weighted by atomic mass is 32.2. The van der Waals surface area contributed by atoms with Gasteiger partial charge in [0, 0.05) is 16.7 Å². The van der Waals surface area contributed by atoms with Crippen molar-refractivity contribution in [3.63, 3.8) is 0 Å². The topological polar surface area (TPSA) is 29.1 Å². The first-order chi connectivity index (χ1) is 7.83. The lowest BCUT2D eigenvalue weighted by Crippen LogP contribution is -2.43. The summed E-state index contributed by atoms with van der Waals surface area (Å²) in [6.07, 6.45) is 3.62. The third kappa shape index (κ3) is 4.90. The summed E-state index contributed by atoms with van der Waals surface area (Å²) in [5, 5.41) is 3.77. The molecule has 0 bridgehead atoms. The minimum Gasteiger partial charge on any atom is -0.351 e. The fraction of sp³-hybridized carbons (Fsp3) is 0.929. The van der Waals surface area contributed by atoms with Gasteiger partial charge in [-0.25, -0.2) is 0 Å². The smallest absolute Gasteiger partial charge is 0.223 e. The zero-order valence-electron chi connectivity index (χ0n) is 11.9. The zero-order valence-corrected chi connectivity index (χ0v) is 12.7. The molecule has 0 spiro atoms. The van der Waals surface area contributed by atoms with Crippen LogP contribution in [0, 0.1) is 11.8 Å². The first-order valence-corrected chi connectivity index (χ1v) is 7.82. The molecule has 2 unspecified atom stereocenters. The highest BCUT2D eigenvalue weighted by Gasteiger charge is 2.30. The van der Waals surface area contributed by atoms with Crippen LogP contribution in [0.4, 0.5) is 0 Å². The van der Waals surface area contributed by atoms with E-state index in [1.807, 2.05) is 20.8 Å². The molecule has 1 fully saturated rings. The average molecular weight is 257 g/mol. The zero-order chi connectivity index (χ0) is 13.1. The van der Waals surface area contributed by atoms with Crippen molar-refractivity contribution in [2.45, 2.75) is 64.7 Å². The van der Waals surface area contributed by atoms with E-state index in [0.717, 1.165) is 12.3 Å². The molecule has 17 heavy (non-hydrogen) atoms. The molecule has 0 aliphatic carbocycles. The van der Waals surface area contributed by atoms with E-state index in [1.165, 1.54) is 18.6 Å². The molecule has 0 aromatic carbocycles. The quantitative estimate of drug-likeness (QED) is 0.835. The van der Waals surface area contributed by atoms with Crippen LogP contribution >= 0.6 is 11.8 Å². The van der Waals surface area contributed by atoms with Crippen LogP contribution in [-0.4, -0.2) is 22.4 Å². The molecule has 1 rings (SSSR count). The molecule has 1 heterocycles. The molecule has 3 atom stereocenters. The molecular weight excluding hydrogens is 230 g/mol. The third-order valence-electron chi connectivity index (χ3n) is 3.40. The van der Waals surface area contributed by atoms with Crippen molar-refractivity contribution in [3.8, 4) is 0 Å². The van der Waals surface area contributed by atoms with Gasteiger partial charge < -0.3 is 5.32 Å². The fourth-order valence-corrected chi connectivity index (χ4v) is 4.14. The Bertz CT molecular complexity index is 259. The largest absolute Gasteiger partial charge is 0.351 e. The Morgan fingerprint density at radius 3 is 2.65 bits per heavy atom. The molecule has 0 aromatic rings. The van der Waals surface area contributed by atoms with Gasteiger partial charge in [0.25, 0.3) is 0 Å². The molecule has 1 N–H and O–H groups in total. The van der Waals surface area contributed by atoms with Gasteiger partial charge in [0.1, 0.15) is 0 Å². The first kappa shape index (κ1) is 14.9. The number of nitrogens with one attached hydrogen (secondary N) is 1. The molecule has 1 saturated heterocycles. The molecule has 0 radical (unpaired) electrons. The van der Waals surface area contributed by atoms with Gasteiger partial charge in [0.2, 0.25) is 5.91 Å². The van der Waals surface area contributed by atoms with Crippen LogP contribution < -0.4 is 5.32 Å². The highest BCUT2D eigenvalue weighted by Crippen LogP contribution is 2.38. The molecule has 1 amide bonds. The normalized spacial score (nSPS) is 26.9. The minimum absolute atomic E-state index is 0.113. The maximum absolute atomic E-state index is 12.0. The van der Waals surface area contributed by atoms with E-state index in [-0.39, 0.29) is 17.4 Å². The maximum Gasteiger partial charge on any atom is 0.223 e. The van der Waals surface area contributed by atoms with E-state index in [9.17, 15) is 4.79 Å². The number of rotatable bonds is 4. The second-order valence-corrected chi connectivity index (χ2v) is 7.59.